The SMILES string of the molecule is c1ccc(OCCNc2nc(NCc3ccc4c(c3)OCO4)nc3c2ncn3-c2ccsc2)cc1. The second kappa shape index (κ2) is 9.51. The van der Waals surface area contributed by atoms with E-state index in [-0.39, 0.29) is 6.79 Å². The van der Waals surface area contributed by atoms with Crippen LogP contribution >= 0.6 is 11.3 Å². The van der Waals surface area contributed by atoms with Crippen LogP contribution in [0.4, 0.5) is 11.8 Å². The fraction of sp³-hybridized carbons (Fsp3) is 0.160. The van der Waals surface area contributed by atoms with E-state index in [1.807, 2.05) is 64.5 Å². The van der Waals surface area contributed by atoms with Crippen LogP contribution in [-0.2, 0) is 6.54 Å². The van der Waals surface area contributed by atoms with E-state index >= 15 is 0 Å². The minimum Gasteiger partial charge on any atom is -0.492 e. The molecule has 0 amide bonds. The number of hydrogen-bond donors (Lipinski definition) is 2. The lowest BCUT2D eigenvalue weighted by Crippen LogP contribution is -2.14. The maximum atomic E-state index is 5.81. The molecule has 0 aliphatic carbocycles. The number of nitrogens with zero attached hydrogens (tertiary/aromatic N) is 4. The highest BCUT2D eigenvalue weighted by atomic mass is 32.1. The molecule has 2 aromatic carbocycles. The smallest absolute Gasteiger partial charge is 0.231 e. The van der Waals surface area contributed by atoms with E-state index in [1.54, 1.807) is 17.7 Å². The molecule has 3 aromatic heterocycles. The fourth-order valence-corrected chi connectivity index (χ4v) is 4.40. The minimum absolute atomic E-state index is 0.252. The summed E-state index contributed by atoms with van der Waals surface area (Å²) in [5, 5.41) is 10.8. The summed E-state index contributed by atoms with van der Waals surface area (Å²) < 4.78 is 18.7. The predicted octanol–water partition coefficient (Wildman–Crippen LogP) is 4.71. The maximum Gasteiger partial charge on any atom is 0.231 e. The summed E-state index contributed by atoms with van der Waals surface area (Å²) >= 11 is 1.62. The monoisotopic (exact) mass is 486 g/mol. The summed E-state index contributed by atoms with van der Waals surface area (Å²) in [4.78, 5) is 14.1. The zero-order chi connectivity index (χ0) is 23.5. The highest BCUT2D eigenvalue weighted by molar-refractivity contribution is 7.08. The van der Waals surface area contributed by atoms with Crippen molar-refractivity contribution in [1.29, 1.82) is 0 Å². The van der Waals surface area contributed by atoms with Gasteiger partial charge in [0.25, 0.3) is 0 Å². The van der Waals surface area contributed by atoms with E-state index in [4.69, 9.17) is 24.2 Å². The molecule has 10 heteroatoms. The Morgan fingerprint density at radius 1 is 1.00 bits per heavy atom. The Hall–Kier alpha value is -4.31. The highest BCUT2D eigenvalue weighted by Crippen LogP contribution is 2.32. The normalized spacial score (nSPS) is 12.1. The molecule has 0 saturated heterocycles. The lowest BCUT2D eigenvalue weighted by Gasteiger charge is -2.11. The molecule has 5 aromatic rings. The number of hydrogen-bond acceptors (Lipinski definition) is 9. The number of nitrogens with one attached hydrogen (secondary N) is 2. The Balaban J connectivity index is 1.23. The Morgan fingerprint density at radius 2 is 1.91 bits per heavy atom. The number of thiophene rings is 1. The molecule has 0 bridgehead atoms. The van der Waals surface area contributed by atoms with Crippen LogP contribution in [0.2, 0.25) is 0 Å². The maximum absolute atomic E-state index is 5.81. The Morgan fingerprint density at radius 3 is 2.80 bits per heavy atom. The van der Waals surface area contributed by atoms with Gasteiger partial charge in [-0.15, -0.1) is 0 Å². The summed E-state index contributed by atoms with van der Waals surface area (Å²) in [6.07, 6.45) is 1.77. The second-order valence-electron chi connectivity index (χ2n) is 7.79. The van der Waals surface area contributed by atoms with Gasteiger partial charge in [-0.1, -0.05) is 24.3 Å². The number of ether oxygens (including phenoxy) is 3. The zero-order valence-electron chi connectivity index (χ0n) is 18.7. The number of rotatable bonds is 9. The van der Waals surface area contributed by atoms with E-state index in [9.17, 15) is 0 Å². The van der Waals surface area contributed by atoms with Gasteiger partial charge >= 0.3 is 0 Å². The Bertz CT molecular complexity index is 1440. The topological polar surface area (TPSA) is 95.3 Å². The quantitative estimate of drug-likeness (QED) is 0.289. The third kappa shape index (κ3) is 4.56. The van der Waals surface area contributed by atoms with E-state index < -0.39 is 0 Å². The van der Waals surface area contributed by atoms with E-state index in [2.05, 4.69) is 21.0 Å². The third-order valence-electron chi connectivity index (χ3n) is 5.47. The number of para-hydroxylation sites is 1. The van der Waals surface area contributed by atoms with Gasteiger partial charge in [0.15, 0.2) is 28.5 Å². The van der Waals surface area contributed by atoms with Crippen LogP contribution in [0.5, 0.6) is 17.2 Å². The number of fused-ring (bicyclic) bond motifs is 2. The first kappa shape index (κ1) is 21.2. The number of aromatic nitrogens is 4. The van der Waals surface area contributed by atoms with Crippen LogP contribution in [0.3, 0.4) is 0 Å². The molecule has 0 fully saturated rings. The Labute approximate surface area is 205 Å². The van der Waals surface area contributed by atoms with Gasteiger partial charge < -0.3 is 24.8 Å². The van der Waals surface area contributed by atoms with Crippen molar-refractivity contribution >= 4 is 34.3 Å². The van der Waals surface area contributed by atoms with Gasteiger partial charge in [0, 0.05) is 11.9 Å². The highest BCUT2D eigenvalue weighted by Gasteiger charge is 2.16. The van der Waals surface area contributed by atoms with Crippen LogP contribution in [-0.4, -0.2) is 39.5 Å². The first-order chi connectivity index (χ1) is 17.3. The van der Waals surface area contributed by atoms with Crippen molar-refractivity contribution in [3.8, 4) is 22.9 Å². The van der Waals surface area contributed by atoms with Gasteiger partial charge in [-0.3, -0.25) is 4.57 Å². The standard InChI is InChI=1S/C25H22N6O3S/c1-2-4-19(5-3-1)32-10-9-26-23-22-24(31(15-28-22)18-8-11-35-14-18)30-25(29-23)27-13-17-6-7-20-21(12-17)34-16-33-20/h1-8,11-12,14-15H,9-10,13,16H2,(H2,26,27,29,30). The minimum atomic E-state index is 0.252. The molecule has 0 radical (unpaired) electrons. The molecule has 0 spiro atoms. The molecule has 6 rings (SSSR count). The molecule has 176 valence electrons. The first-order valence-electron chi connectivity index (χ1n) is 11.2. The Kier molecular flexibility index (Phi) is 5.77. The second-order valence-corrected chi connectivity index (χ2v) is 8.57. The lowest BCUT2D eigenvalue weighted by atomic mass is 10.2. The van der Waals surface area contributed by atoms with Crippen LogP contribution in [0.15, 0.2) is 71.7 Å². The summed E-state index contributed by atoms with van der Waals surface area (Å²) in [7, 11) is 0. The number of benzene rings is 2. The van der Waals surface area contributed by atoms with Crippen molar-refractivity contribution < 1.29 is 14.2 Å². The van der Waals surface area contributed by atoms with E-state index in [1.165, 1.54) is 0 Å². The molecule has 9 nitrogen and oxygen atoms in total. The van der Waals surface area contributed by atoms with Crippen molar-refractivity contribution in [3.05, 3.63) is 77.2 Å². The van der Waals surface area contributed by atoms with Gasteiger partial charge in [0.05, 0.1) is 12.2 Å². The average Bonchev–Trinajstić information content (AvgIpc) is 3.66. The fourth-order valence-electron chi connectivity index (χ4n) is 3.77. The zero-order valence-corrected chi connectivity index (χ0v) is 19.5. The molecule has 0 atom stereocenters. The molecule has 1 aliphatic heterocycles. The van der Waals surface area contributed by atoms with Gasteiger partial charge in [-0.2, -0.15) is 21.3 Å². The van der Waals surface area contributed by atoms with Gasteiger partial charge in [0.2, 0.25) is 12.7 Å². The van der Waals surface area contributed by atoms with E-state index in [0.29, 0.717) is 37.0 Å². The number of anilines is 2. The van der Waals surface area contributed by atoms with Crippen molar-refractivity contribution in [2.45, 2.75) is 6.54 Å². The van der Waals surface area contributed by atoms with Crippen LogP contribution in [0.1, 0.15) is 5.56 Å². The molecule has 2 N–H and O–H groups in total. The van der Waals surface area contributed by atoms with Gasteiger partial charge in [-0.05, 0) is 41.3 Å². The van der Waals surface area contributed by atoms with Crippen molar-refractivity contribution in [3.63, 3.8) is 0 Å². The predicted molar refractivity (Wildman–Crippen MR) is 135 cm³/mol. The molecular weight excluding hydrogens is 464 g/mol. The molecule has 0 saturated carbocycles. The number of imidazole rings is 1. The summed E-state index contributed by atoms with van der Waals surface area (Å²) in [5.41, 5.74) is 3.47. The van der Waals surface area contributed by atoms with Crippen LogP contribution in [0.25, 0.3) is 16.9 Å². The molecular formula is C25H22N6O3S. The van der Waals surface area contributed by atoms with Crippen molar-refractivity contribution in [2.24, 2.45) is 0 Å². The first-order valence-corrected chi connectivity index (χ1v) is 12.1. The lowest BCUT2D eigenvalue weighted by molar-refractivity contribution is 0.174. The largest absolute Gasteiger partial charge is 0.492 e. The van der Waals surface area contributed by atoms with Crippen molar-refractivity contribution in [2.75, 3.05) is 30.6 Å². The summed E-state index contributed by atoms with van der Waals surface area (Å²) in [6.45, 7) is 1.83. The average molecular weight is 487 g/mol. The molecule has 4 heterocycles. The van der Waals surface area contributed by atoms with Crippen molar-refractivity contribution in [1.82, 2.24) is 19.5 Å². The molecule has 35 heavy (non-hydrogen) atoms. The van der Waals surface area contributed by atoms with Gasteiger partial charge in [0.1, 0.15) is 18.7 Å². The van der Waals surface area contributed by atoms with Gasteiger partial charge in [-0.25, -0.2) is 4.98 Å². The summed E-state index contributed by atoms with van der Waals surface area (Å²) in [6, 6.07) is 17.6. The van der Waals surface area contributed by atoms with Crippen LogP contribution in [0, 0.1) is 0 Å². The molecule has 1 aliphatic rings. The van der Waals surface area contributed by atoms with E-state index in [0.717, 1.165) is 34.1 Å². The third-order valence-corrected chi connectivity index (χ3v) is 6.15. The molecule has 0 unspecified atom stereocenters. The van der Waals surface area contributed by atoms with Crippen LogP contribution < -0.4 is 24.8 Å². The summed E-state index contributed by atoms with van der Waals surface area (Å²) in [5.74, 6) is 3.48.